The molecule has 2 heterocycles. The number of imidazole rings is 1. The lowest BCUT2D eigenvalue weighted by atomic mass is 10.0. The first-order chi connectivity index (χ1) is 16.9. The van der Waals surface area contributed by atoms with Crippen molar-refractivity contribution in [1.82, 2.24) is 9.55 Å². The maximum atomic E-state index is 13.5. The van der Waals surface area contributed by atoms with Gasteiger partial charge in [0.2, 0.25) is 0 Å². The maximum absolute atomic E-state index is 13.5. The molecule has 36 heavy (non-hydrogen) atoms. The van der Waals surface area contributed by atoms with E-state index in [1.807, 2.05) is 46.1 Å². The molecule has 1 aromatic carbocycles. The summed E-state index contributed by atoms with van der Waals surface area (Å²) in [5.74, 6) is -2.05. The third-order valence-corrected chi connectivity index (χ3v) is 5.93. The van der Waals surface area contributed by atoms with Crippen molar-refractivity contribution in [2.45, 2.75) is 91.3 Å². The van der Waals surface area contributed by atoms with Crippen LogP contribution in [0.4, 0.5) is 4.39 Å². The molecule has 1 aliphatic heterocycles. The van der Waals surface area contributed by atoms with Gasteiger partial charge in [0.05, 0.1) is 30.9 Å². The Balaban J connectivity index is 1.82. The Morgan fingerprint density at radius 1 is 1.17 bits per heavy atom. The molecule has 3 rings (SSSR count). The first kappa shape index (κ1) is 27.8. The molecule has 1 N–H and O–H groups in total. The maximum Gasteiger partial charge on any atom is 0.356 e. The summed E-state index contributed by atoms with van der Waals surface area (Å²) in [4.78, 5) is 28.7. The molecule has 0 spiro atoms. The van der Waals surface area contributed by atoms with Crippen molar-refractivity contribution >= 4 is 11.9 Å². The van der Waals surface area contributed by atoms with Crippen molar-refractivity contribution in [3.63, 3.8) is 0 Å². The van der Waals surface area contributed by atoms with Gasteiger partial charge in [-0.05, 0) is 56.4 Å². The normalized spacial score (nSPS) is 19.6. The molecule has 198 valence electrons. The van der Waals surface area contributed by atoms with E-state index in [0.717, 1.165) is 0 Å². The van der Waals surface area contributed by atoms with Gasteiger partial charge >= 0.3 is 11.9 Å². The van der Waals surface area contributed by atoms with Crippen molar-refractivity contribution in [2.75, 3.05) is 6.61 Å². The van der Waals surface area contributed by atoms with Gasteiger partial charge in [0.15, 0.2) is 11.5 Å². The monoisotopic (exact) mass is 504 g/mol. The average molecular weight is 505 g/mol. The Bertz CT molecular complexity index is 1060. The highest BCUT2D eigenvalue weighted by molar-refractivity contribution is 5.88. The second kappa shape index (κ2) is 11.5. The summed E-state index contributed by atoms with van der Waals surface area (Å²) < 4.78 is 32.9. The van der Waals surface area contributed by atoms with E-state index >= 15 is 0 Å². The van der Waals surface area contributed by atoms with Crippen LogP contribution in [0, 0.1) is 11.7 Å². The van der Waals surface area contributed by atoms with Crippen LogP contribution < -0.4 is 0 Å². The van der Waals surface area contributed by atoms with E-state index in [0.29, 0.717) is 43.1 Å². The predicted molar refractivity (Wildman–Crippen MR) is 132 cm³/mol. The number of halogens is 1. The molecule has 9 heteroatoms. The lowest BCUT2D eigenvalue weighted by Crippen LogP contribution is -2.45. The zero-order chi connectivity index (χ0) is 26.6. The van der Waals surface area contributed by atoms with Crippen molar-refractivity contribution in [3.05, 3.63) is 41.5 Å². The van der Waals surface area contributed by atoms with E-state index in [2.05, 4.69) is 4.98 Å². The van der Waals surface area contributed by atoms with Gasteiger partial charge in [-0.3, -0.25) is 4.79 Å². The third-order valence-electron chi connectivity index (χ3n) is 5.93. The van der Waals surface area contributed by atoms with E-state index in [1.165, 1.54) is 12.1 Å². The number of aromatic nitrogens is 2. The van der Waals surface area contributed by atoms with E-state index in [9.17, 15) is 19.1 Å². The molecule has 1 aliphatic rings. The van der Waals surface area contributed by atoms with Crippen molar-refractivity contribution in [2.24, 2.45) is 5.92 Å². The molecule has 1 fully saturated rings. The lowest BCUT2D eigenvalue weighted by molar-refractivity contribution is -0.300. The minimum Gasteiger partial charge on any atom is -0.476 e. The summed E-state index contributed by atoms with van der Waals surface area (Å²) in [5.41, 5.74) is 1.22. The third kappa shape index (κ3) is 7.13. The number of ether oxygens (including phenoxy) is 3. The summed E-state index contributed by atoms with van der Waals surface area (Å²) in [6.07, 6.45) is 0.616. The largest absolute Gasteiger partial charge is 0.476 e. The standard InChI is InChI=1S/C27H37FN2O6/c1-16(2)15-34-22(31)14-21-13-20(35-27(5,6)36-21)11-12-30-24(17(3)4)23(26(32)33)29-25(30)18-7-9-19(28)10-8-18/h7-10,16-17,20-21H,11-15H2,1-6H3,(H,32,33)/t20-,21-/m1/s1. The molecular formula is C27H37FN2O6. The molecule has 0 bridgehead atoms. The van der Waals surface area contributed by atoms with Crippen molar-refractivity contribution in [1.29, 1.82) is 0 Å². The van der Waals surface area contributed by atoms with Gasteiger partial charge in [0.1, 0.15) is 11.6 Å². The number of hydrogen-bond acceptors (Lipinski definition) is 6. The van der Waals surface area contributed by atoms with Gasteiger partial charge in [-0.15, -0.1) is 0 Å². The number of aromatic carboxylic acids is 1. The second-order valence-corrected chi connectivity index (χ2v) is 10.5. The van der Waals surface area contributed by atoms with Crippen LogP contribution >= 0.6 is 0 Å². The second-order valence-electron chi connectivity index (χ2n) is 10.5. The number of hydrogen-bond donors (Lipinski definition) is 1. The molecule has 0 amide bonds. The SMILES string of the molecule is CC(C)COC(=O)C[C@H]1C[C@@H](CCn2c(-c3ccc(F)cc3)nc(C(=O)O)c2C(C)C)OC(C)(C)O1. The number of rotatable bonds is 10. The van der Waals surface area contributed by atoms with Crippen LogP contribution in [0.25, 0.3) is 11.4 Å². The fraction of sp³-hybridized carbons (Fsp3) is 0.593. The van der Waals surface area contributed by atoms with Crippen LogP contribution in [-0.2, 0) is 25.5 Å². The number of carboxylic acid groups (broad SMARTS) is 1. The summed E-state index contributed by atoms with van der Waals surface area (Å²) in [6, 6.07) is 5.85. The van der Waals surface area contributed by atoms with Gasteiger partial charge in [0.25, 0.3) is 0 Å². The Morgan fingerprint density at radius 3 is 2.39 bits per heavy atom. The number of esters is 1. The quantitative estimate of drug-likeness (QED) is 0.432. The molecule has 0 radical (unpaired) electrons. The van der Waals surface area contributed by atoms with Gasteiger partial charge in [-0.25, -0.2) is 14.2 Å². The van der Waals surface area contributed by atoms with Crippen molar-refractivity contribution < 1.29 is 33.3 Å². The van der Waals surface area contributed by atoms with E-state index < -0.39 is 11.8 Å². The number of carboxylic acids is 1. The molecule has 0 saturated carbocycles. The smallest absolute Gasteiger partial charge is 0.356 e. The highest BCUT2D eigenvalue weighted by Crippen LogP contribution is 2.33. The highest BCUT2D eigenvalue weighted by Gasteiger charge is 2.37. The Kier molecular flexibility index (Phi) is 8.89. The topological polar surface area (TPSA) is 99.9 Å². The minimum absolute atomic E-state index is 0.0108. The number of benzene rings is 1. The average Bonchev–Trinajstić information content (AvgIpc) is 3.16. The highest BCUT2D eigenvalue weighted by atomic mass is 19.1. The van der Waals surface area contributed by atoms with Crippen LogP contribution in [0.15, 0.2) is 24.3 Å². The molecule has 0 unspecified atom stereocenters. The Labute approximate surface area is 211 Å². The zero-order valence-corrected chi connectivity index (χ0v) is 21.9. The van der Waals surface area contributed by atoms with E-state index in [4.69, 9.17) is 14.2 Å². The Morgan fingerprint density at radius 2 is 1.81 bits per heavy atom. The number of nitrogens with zero attached hydrogens (tertiary/aromatic N) is 2. The summed E-state index contributed by atoms with van der Waals surface area (Å²) in [6.45, 7) is 12.2. The van der Waals surface area contributed by atoms with Crippen LogP contribution in [-0.4, -0.2) is 51.2 Å². The summed E-state index contributed by atoms with van der Waals surface area (Å²) >= 11 is 0. The van der Waals surface area contributed by atoms with Gasteiger partial charge in [-0.2, -0.15) is 0 Å². The molecule has 2 atom stereocenters. The number of carbonyl (C=O) groups excluding carboxylic acids is 1. The summed E-state index contributed by atoms with van der Waals surface area (Å²) in [5, 5.41) is 9.80. The molecule has 8 nitrogen and oxygen atoms in total. The van der Waals surface area contributed by atoms with E-state index in [1.54, 1.807) is 12.1 Å². The molecule has 1 aromatic heterocycles. The van der Waals surface area contributed by atoms with Gasteiger partial charge < -0.3 is 23.9 Å². The van der Waals surface area contributed by atoms with Crippen molar-refractivity contribution in [3.8, 4) is 11.4 Å². The first-order valence-corrected chi connectivity index (χ1v) is 12.5. The van der Waals surface area contributed by atoms with Crippen LogP contribution in [0.1, 0.15) is 82.9 Å². The zero-order valence-electron chi connectivity index (χ0n) is 21.9. The number of carbonyl (C=O) groups is 2. The van der Waals surface area contributed by atoms with Gasteiger partial charge in [-0.1, -0.05) is 27.7 Å². The molecule has 0 aliphatic carbocycles. The van der Waals surface area contributed by atoms with Crippen LogP contribution in [0.3, 0.4) is 0 Å². The van der Waals surface area contributed by atoms with E-state index in [-0.39, 0.29) is 47.9 Å². The molecule has 1 saturated heterocycles. The fourth-order valence-corrected chi connectivity index (χ4v) is 4.55. The summed E-state index contributed by atoms with van der Waals surface area (Å²) in [7, 11) is 0. The lowest BCUT2D eigenvalue weighted by Gasteiger charge is -2.40. The van der Waals surface area contributed by atoms with Crippen LogP contribution in [0.5, 0.6) is 0 Å². The predicted octanol–water partition coefficient (Wildman–Crippen LogP) is 5.40. The van der Waals surface area contributed by atoms with Gasteiger partial charge in [0, 0.05) is 18.5 Å². The Hall–Kier alpha value is -2.78. The molecule has 2 aromatic rings. The first-order valence-electron chi connectivity index (χ1n) is 12.5. The minimum atomic E-state index is -1.11. The molecular weight excluding hydrogens is 467 g/mol. The van der Waals surface area contributed by atoms with Crippen LogP contribution in [0.2, 0.25) is 0 Å². The fourth-order valence-electron chi connectivity index (χ4n) is 4.55.